The van der Waals surface area contributed by atoms with Gasteiger partial charge in [-0.1, -0.05) is 11.6 Å². The molecule has 0 aliphatic carbocycles. The quantitative estimate of drug-likeness (QED) is 0.921. The van der Waals surface area contributed by atoms with Gasteiger partial charge in [-0.05, 0) is 25.2 Å². The van der Waals surface area contributed by atoms with Gasteiger partial charge in [0.05, 0.1) is 5.02 Å². The van der Waals surface area contributed by atoms with E-state index in [9.17, 15) is 9.18 Å². The van der Waals surface area contributed by atoms with E-state index in [1.165, 1.54) is 24.5 Å². The first-order valence-corrected chi connectivity index (χ1v) is 7.92. The van der Waals surface area contributed by atoms with Gasteiger partial charge in [0.1, 0.15) is 23.7 Å². The van der Waals surface area contributed by atoms with Crippen molar-refractivity contribution in [3.8, 4) is 0 Å². The molecule has 0 unspecified atom stereocenters. The van der Waals surface area contributed by atoms with Crippen LogP contribution in [0.5, 0.6) is 0 Å². The molecule has 1 amide bonds. The number of halogens is 2. The van der Waals surface area contributed by atoms with Crippen LogP contribution in [-0.4, -0.2) is 54.0 Å². The number of benzene rings is 1. The Labute approximate surface area is 144 Å². The minimum atomic E-state index is -0.533. The number of anilines is 2. The fourth-order valence-corrected chi connectivity index (χ4v) is 2.63. The van der Waals surface area contributed by atoms with Crippen molar-refractivity contribution in [2.24, 2.45) is 0 Å². The normalized spacial score (nSPS) is 15.4. The fraction of sp³-hybridized carbons (Fsp3) is 0.312. The zero-order valence-corrected chi connectivity index (χ0v) is 13.9. The third kappa shape index (κ3) is 3.80. The lowest BCUT2D eigenvalue weighted by molar-refractivity contribution is 0.102. The van der Waals surface area contributed by atoms with E-state index in [1.807, 2.05) is 0 Å². The van der Waals surface area contributed by atoms with Gasteiger partial charge in [-0.15, -0.1) is 0 Å². The molecule has 1 aliphatic rings. The van der Waals surface area contributed by atoms with E-state index >= 15 is 0 Å². The molecule has 1 saturated heterocycles. The highest BCUT2D eigenvalue weighted by Crippen LogP contribution is 2.20. The summed E-state index contributed by atoms with van der Waals surface area (Å²) in [6, 6.07) is 5.67. The van der Waals surface area contributed by atoms with Gasteiger partial charge in [-0.3, -0.25) is 4.79 Å². The van der Waals surface area contributed by atoms with Crippen molar-refractivity contribution < 1.29 is 9.18 Å². The average molecular weight is 350 g/mol. The number of carbonyl (C=O) groups excluding carboxylic acids is 1. The molecule has 1 fully saturated rings. The van der Waals surface area contributed by atoms with Crippen molar-refractivity contribution in [2.75, 3.05) is 43.4 Å². The third-order valence-corrected chi connectivity index (χ3v) is 4.18. The number of hydrogen-bond donors (Lipinski definition) is 1. The van der Waals surface area contributed by atoms with Crippen molar-refractivity contribution in [1.82, 2.24) is 14.9 Å². The highest BCUT2D eigenvalue weighted by Gasteiger charge is 2.17. The van der Waals surface area contributed by atoms with E-state index in [0.29, 0.717) is 5.69 Å². The van der Waals surface area contributed by atoms with Gasteiger partial charge in [-0.25, -0.2) is 14.4 Å². The molecule has 2 heterocycles. The van der Waals surface area contributed by atoms with Crippen LogP contribution in [0.4, 0.5) is 15.9 Å². The fourth-order valence-electron chi connectivity index (χ4n) is 2.45. The molecule has 0 bridgehead atoms. The van der Waals surface area contributed by atoms with Gasteiger partial charge in [0.2, 0.25) is 0 Å². The molecule has 0 spiro atoms. The number of piperazine rings is 1. The molecular weight excluding hydrogens is 333 g/mol. The topological polar surface area (TPSA) is 61.4 Å². The Hall–Kier alpha value is -2.25. The number of aromatic nitrogens is 2. The van der Waals surface area contributed by atoms with Crippen LogP contribution in [0.25, 0.3) is 0 Å². The largest absolute Gasteiger partial charge is 0.354 e. The molecule has 2 aromatic rings. The molecule has 24 heavy (non-hydrogen) atoms. The van der Waals surface area contributed by atoms with E-state index in [4.69, 9.17) is 11.6 Å². The Kier molecular flexibility index (Phi) is 4.92. The molecule has 1 aliphatic heterocycles. The lowest BCUT2D eigenvalue weighted by Crippen LogP contribution is -2.44. The zero-order chi connectivity index (χ0) is 17.1. The Morgan fingerprint density at radius 3 is 2.67 bits per heavy atom. The van der Waals surface area contributed by atoms with Gasteiger partial charge in [0.15, 0.2) is 0 Å². The first kappa shape index (κ1) is 16.6. The van der Waals surface area contributed by atoms with E-state index in [0.717, 1.165) is 32.0 Å². The number of nitrogens with one attached hydrogen (secondary N) is 1. The first-order chi connectivity index (χ1) is 11.5. The molecule has 126 valence electrons. The van der Waals surface area contributed by atoms with Crippen molar-refractivity contribution in [2.45, 2.75) is 0 Å². The van der Waals surface area contributed by atoms with Crippen LogP contribution in [0, 0.1) is 5.82 Å². The number of likely N-dealkylation sites (N-methyl/N-ethyl adjacent to an activating group) is 1. The third-order valence-electron chi connectivity index (χ3n) is 3.89. The SMILES string of the molecule is CN1CCN(c2cc(C(=O)Nc3ccc(F)c(Cl)c3)ncn2)CC1. The monoisotopic (exact) mass is 349 g/mol. The highest BCUT2D eigenvalue weighted by atomic mass is 35.5. The molecular formula is C16H17ClFN5O. The second kappa shape index (κ2) is 7.11. The van der Waals surface area contributed by atoms with Crippen LogP contribution in [0.3, 0.4) is 0 Å². The maximum absolute atomic E-state index is 13.2. The lowest BCUT2D eigenvalue weighted by Gasteiger charge is -2.33. The molecule has 0 atom stereocenters. The minimum absolute atomic E-state index is 0.0476. The van der Waals surface area contributed by atoms with Crippen molar-refractivity contribution >= 4 is 29.0 Å². The predicted molar refractivity (Wildman–Crippen MR) is 91.1 cm³/mol. The molecule has 1 aromatic carbocycles. The summed E-state index contributed by atoms with van der Waals surface area (Å²) in [5.74, 6) is -0.204. The van der Waals surface area contributed by atoms with Crippen molar-refractivity contribution in [3.63, 3.8) is 0 Å². The Balaban J connectivity index is 1.73. The summed E-state index contributed by atoms with van der Waals surface area (Å²) in [5, 5.41) is 2.61. The molecule has 1 aromatic heterocycles. The van der Waals surface area contributed by atoms with E-state index in [1.54, 1.807) is 6.07 Å². The summed E-state index contributed by atoms with van der Waals surface area (Å²) in [6.07, 6.45) is 1.38. The second-order valence-corrected chi connectivity index (χ2v) is 6.04. The van der Waals surface area contributed by atoms with Gasteiger partial charge >= 0.3 is 0 Å². The van der Waals surface area contributed by atoms with Crippen molar-refractivity contribution in [1.29, 1.82) is 0 Å². The smallest absolute Gasteiger partial charge is 0.274 e. The van der Waals surface area contributed by atoms with E-state index < -0.39 is 11.7 Å². The van der Waals surface area contributed by atoms with Gasteiger partial charge in [-0.2, -0.15) is 0 Å². The molecule has 3 rings (SSSR count). The zero-order valence-electron chi connectivity index (χ0n) is 13.2. The minimum Gasteiger partial charge on any atom is -0.354 e. The van der Waals surface area contributed by atoms with Crippen molar-refractivity contribution in [3.05, 3.63) is 47.1 Å². The number of rotatable bonds is 3. The van der Waals surface area contributed by atoms with Gasteiger partial charge in [0, 0.05) is 37.9 Å². The summed E-state index contributed by atoms with van der Waals surface area (Å²) in [4.78, 5) is 25.0. The average Bonchev–Trinajstić information content (AvgIpc) is 2.59. The number of amides is 1. The first-order valence-electron chi connectivity index (χ1n) is 7.55. The van der Waals surface area contributed by atoms with Crippen LogP contribution >= 0.6 is 11.6 Å². The highest BCUT2D eigenvalue weighted by molar-refractivity contribution is 6.31. The summed E-state index contributed by atoms with van der Waals surface area (Å²) in [6.45, 7) is 3.59. The van der Waals surface area contributed by atoms with E-state index in [2.05, 4.69) is 32.1 Å². The molecule has 0 saturated carbocycles. The molecule has 0 radical (unpaired) electrons. The maximum Gasteiger partial charge on any atom is 0.274 e. The predicted octanol–water partition coefficient (Wildman–Crippen LogP) is 2.27. The number of nitrogens with zero attached hydrogens (tertiary/aromatic N) is 4. The van der Waals surface area contributed by atoms with Crippen LogP contribution in [0.2, 0.25) is 5.02 Å². The number of carbonyl (C=O) groups is 1. The maximum atomic E-state index is 13.2. The summed E-state index contributed by atoms with van der Waals surface area (Å²) < 4.78 is 13.2. The lowest BCUT2D eigenvalue weighted by atomic mass is 10.2. The van der Waals surface area contributed by atoms with Crippen LogP contribution in [-0.2, 0) is 0 Å². The number of hydrogen-bond acceptors (Lipinski definition) is 5. The Bertz CT molecular complexity index is 749. The summed E-state index contributed by atoms with van der Waals surface area (Å²) >= 11 is 5.72. The summed E-state index contributed by atoms with van der Waals surface area (Å²) in [5.41, 5.74) is 0.658. The standard InChI is InChI=1S/C16H17ClFN5O/c1-22-4-6-23(7-5-22)15-9-14(19-10-20-15)16(24)21-11-2-3-13(18)12(17)8-11/h2-3,8-10H,4-7H2,1H3,(H,21,24). The molecule has 8 heteroatoms. The van der Waals surface area contributed by atoms with E-state index in [-0.39, 0.29) is 10.7 Å². The summed E-state index contributed by atoms with van der Waals surface area (Å²) in [7, 11) is 2.07. The van der Waals surface area contributed by atoms with Gasteiger partial charge in [0.25, 0.3) is 5.91 Å². The molecule has 6 nitrogen and oxygen atoms in total. The second-order valence-electron chi connectivity index (χ2n) is 5.63. The van der Waals surface area contributed by atoms with Crippen LogP contribution in [0.1, 0.15) is 10.5 Å². The van der Waals surface area contributed by atoms with Crippen LogP contribution < -0.4 is 10.2 Å². The molecule has 1 N–H and O–H groups in total. The Morgan fingerprint density at radius 1 is 1.21 bits per heavy atom. The Morgan fingerprint density at radius 2 is 1.96 bits per heavy atom. The van der Waals surface area contributed by atoms with Gasteiger partial charge < -0.3 is 15.1 Å². The van der Waals surface area contributed by atoms with Crippen LogP contribution in [0.15, 0.2) is 30.6 Å².